The van der Waals surface area contributed by atoms with Gasteiger partial charge >= 0.3 is 5.69 Å². The molecule has 2 aromatic heterocycles. The molecule has 0 atom stereocenters. The van der Waals surface area contributed by atoms with E-state index in [1.165, 1.54) is 6.33 Å². The minimum absolute atomic E-state index is 0.331. The average molecular weight is 166 g/mol. The largest absolute Gasteiger partial charge is 0.325 e. The Hall–Kier alpha value is -1.89. The smallest absolute Gasteiger partial charge is 0.307 e. The number of aromatic nitrogens is 4. The summed E-state index contributed by atoms with van der Waals surface area (Å²) >= 11 is 0. The number of nitrogen functional groups attached to an aromatic ring is 1. The zero-order valence-corrected chi connectivity index (χ0v) is 5.96. The summed E-state index contributed by atoms with van der Waals surface area (Å²) in [7, 11) is 0. The van der Waals surface area contributed by atoms with Gasteiger partial charge in [0.15, 0.2) is 11.5 Å². The monoisotopic (exact) mass is 166 g/mol. The molecule has 0 aliphatic rings. The van der Waals surface area contributed by atoms with Crippen LogP contribution in [0.5, 0.6) is 0 Å². The van der Waals surface area contributed by atoms with Crippen LogP contribution in [0.2, 0.25) is 0 Å². The number of hydrogen-bond donors (Lipinski definition) is 4. The van der Waals surface area contributed by atoms with E-state index in [-0.39, 0.29) is 5.69 Å². The first-order valence-corrected chi connectivity index (χ1v) is 3.21. The van der Waals surface area contributed by atoms with Crippen LogP contribution in [-0.4, -0.2) is 19.9 Å². The van der Waals surface area contributed by atoms with Crippen LogP contribution in [0, 0.1) is 0 Å². The van der Waals surface area contributed by atoms with Crippen LogP contribution in [0.3, 0.4) is 0 Å². The van der Waals surface area contributed by atoms with Crippen LogP contribution in [0.15, 0.2) is 11.1 Å². The number of nitrogens with two attached hydrogens (primary N) is 1. The zero-order chi connectivity index (χ0) is 8.55. The predicted octanol–water partition coefficient (Wildman–Crippen LogP) is -1.07. The van der Waals surface area contributed by atoms with E-state index in [9.17, 15) is 4.79 Å². The number of hydrogen-bond acceptors (Lipinski definition) is 5. The second-order valence-electron chi connectivity index (χ2n) is 2.17. The Kier molecular flexibility index (Phi) is 1.31. The summed E-state index contributed by atoms with van der Waals surface area (Å²) in [6.07, 6.45) is 1.31. The number of rotatable bonds is 1. The van der Waals surface area contributed by atoms with Gasteiger partial charge in [0, 0.05) is 0 Å². The highest BCUT2D eigenvalue weighted by Gasteiger charge is 2.03. The lowest BCUT2D eigenvalue weighted by molar-refractivity contribution is 1.16. The fraction of sp³-hybridized carbons (Fsp3) is 0. The molecule has 2 rings (SSSR count). The molecule has 0 aliphatic carbocycles. The highest BCUT2D eigenvalue weighted by molar-refractivity contribution is 5.81. The van der Waals surface area contributed by atoms with Gasteiger partial charge in [0.1, 0.15) is 11.8 Å². The second kappa shape index (κ2) is 2.31. The van der Waals surface area contributed by atoms with Crippen molar-refractivity contribution in [3.8, 4) is 0 Å². The Bertz CT molecular complexity index is 456. The van der Waals surface area contributed by atoms with E-state index >= 15 is 0 Å². The summed E-state index contributed by atoms with van der Waals surface area (Å²) in [5.74, 6) is 5.54. The fourth-order valence-corrected chi connectivity index (χ4v) is 0.961. The van der Waals surface area contributed by atoms with Crippen molar-refractivity contribution >= 4 is 17.0 Å². The van der Waals surface area contributed by atoms with Gasteiger partial charge < -0.3 is 10.4 Å². The van der Waals surface area contributed by atoms with Crippen LogP contribution in [0.25, 0.3) is 11.2 Å². The predicted molar refractivity (Wildman–Crippen MR) is 42.3 cm³/mol. The van der Waals surface area contributed by atoms with E-state index in [1.807, 2.05) is 0 Å². The number of aromatic amines is 2. The van der Waals surface area contributed by atoms with Crippen molar-refractivity contribution in [3.63, 3.8) is 0 Å². The molecular weight excluding hydrogens is 160 g/mol. The molecule has 0 unspecified atom stereocenters. The van der Waals surface area contributed by atoms with E-state index in [4.69, 9.17) is 5.84 Å². The van der Waals surface area contributed by atoms with Gasteiger partial charge in [-0.3, -0.25) is 4.98 Å². The number of H-pyrrole nitrogens is 2. The molecule has 0 aromatic carbocycles. The van der Waals surface area contributed by atoms with Crippen LogP contribution in [-0.2, 0) is 0 Å². The van der Waals surface area contributed by atoms with Crippen molar-refractivity contribution in [2.24, 2.45) is 5.84 Å². The summed E-state index contributed by atoms with van der Waals surface area (Å²) in [5.41, 5.74) is 2.92. The lowest BCUT2D eigenvalue weighted by Crippen LogP contribution is -2.09. The summed E-state index contributed by atoms with van der Waals surface area (Å²) < 4.78 is 0. The number of anilines is 1. The lowest BCUT2D eigenvalue weighted by Gasteiger charge is -1.96. The number of hydrazine groups is 1. The normalized spacial score (nSPS) is 10.4. The summed E-state index contributed by atoms with van der Waals surface area (Å²) in [6.45, 7) is 0. The third kappa shape index (κ3) is 0.839. The molecule has 5 N–H and O–H groups in total. The number of nitrogens with one attached hydrogen (secondary N) is 3. The first-order chi connectivity index (χ1) is 5.81. The van der Waals surface area contributed by atoms with E-state index in [2.05, 4.69) is 25.4 Å². The topological polar surface area (TPSA) is 112 Å². The molecule has 2 heterocycles. The Morgan fingerprint density at radius 2 is 2.25 bits per heavy atom. The number of fused-ring (bicyclic) bond motifs is 1. The molecule has 12 heavy (non-hydrogen) atoms. The molecule has 2 aromatic rings. The third-order valence-corrected chi connectivity index (χ3v) is 1.45. The molecule has 0 saturated heterocycles. The maximum Gasteiger partial charge on any atom is 0.325 e. The molecule has 0 amide bonds. The first-order valence-electron chi connectivity index (χ1n) is 3.21. The van der Waals surface area contributed by atoms with E-state index in [0.29, 0.717) is 17.0 Å². The highest BCUT2D eigenvalue weighted by atomic mass is 16.1. The van der Waals surface area contributed by atoms with Crippen LogP contribution in [0.4, 0.5) is 5.82 Å². The minimum atomic E-state index is -0.331. The van der Waals surface area contributed by atoms with Gasteiger partial charge in [-0.25, -0.2) is 20.6 Å². The van der Waals surface area contributed by atoms with Gasteiger partial charge in [0.05, 0.1) is 0 Å². The molecule has 62 valence electrons. The summed E-state index contributed by atoms with van der Waals surface area (Å²) in [5, 5.41) is 0. The molecular formula is C5H6N6O. The van der Waals surface area contributed by atoms with Gasteiger partial charge in [0.2, 0.25) is 0 Å². The first kappa shape index (κ1) is 6.80. The van der Waals surface area contributed by atoms with Crippen molar-refractivity contribution in [1.82, 2.24) is 19.9 Å². The van der Waals surface area contributed by atoms with Crippen LogP contribution in [0.1, 0.15) is 0 Å². The van der Waals surface area contributed by atoms with Gasteiger partial charge in [-0.15, -0.1) is 0 Å². The Balaban J connectivity index is 2.87. The van der Waals surface area contributed by atoms with Crippen molar-refractivity contribution < 1.29 is 0 Å². The Morgan fingerprint density at radius 1 is 1.42 bits per heavy atom. The van der Waals surface area contributed by atoms with Gasteiger partial charge in [-0.05, 0) is 0 Å². The standard InChI is InChI=1S/C5H6N6O/c6-11-4-2-3(7-1-8-4)10-5(12)9-2/h1H,6H2,(H3,7,8,9,10,11,12). The van der Waals surface area contributed by atoms with Crippen LogP contribution < -0.4 is 17.0 Å². The Morgan fingerprint density at radius 3 is 3.00 bits per heavy atom. The van der Waals surface area contributed by atoms with Crippen molar-refractivity contribution in [3.05, 3.63) is 16.8 Å². The van der Waals surface area contributed by atoms with Gasteiger partial charge in [-0.1, -0.05) is 0 Å². The maximum absolute atomic E-state index is 10.8. The minimum Gasteiger partial charge on any atom is -0.307 e. The van der Waals surface area contributed by atoms with E-state index in [0.717, 1.165) is 0 Å². The maximum atomic E-state index is 10.8. The number of nitrogens with zero attached hydrogens (tertiary/aromatic N) is 2. The molecule has 7 heteroatoms. The van der Waals surface area contributed by atoms with Crippen molar-refractivity contribution in [2.45, 2.75) is 0 Å². The van der Waals surface area contributed by atoms with Gasteiger partial charge in [0.25, 0.3) is 0 Å². The molecule has 0 spiro atoms. The molecule has 0 fully saturated rings. The molecule has 0 aliphatic heterocycles. The van der Waals surface area contributed by atoms with Crippen molar-refractivity contribution in [1.29, 1.82) is 0 Å². The van der Waals surface area contributed by atoms with Crippen LogP contribution >= 0.6 is 0 Å². The zero-order valence-electron chi connectivity index (χ0n) is 5.96. The van der Waals surface area contributed by atoms with Crippen molar-refractivity contribution in [2.75, 3.05) is 5.43 Å². The molecule has 7 nitrogen and oxygen atoms in total. The quantitative estimate of drug-likeness (QED) is 0.318. The van der Waals surface area contributed by atoms with Gasteiger partial charge in [-0.2, -0.15) is 0 Å². The SMILES string of the molecule is NNc1ncnc2[nH]c(=O)[nH]c12. The lowest BCUT2D eigenvalue weighted by atomic mass is 10.5. The fourth-order valence-electron chi connectivity index (χ4n) is 0.961. The second-order valence-corrected chi connectivity index (χ2v) is 2.17. The summed E-state index contributed by atoms with van der Waals surface area (Å²) in [4.78, 5) is 23.4. The molecule has 0 radical (unpaired) electrons. The average Bonchev–Trinajstić information content (AvgIpc) is 2.44. The summed E-state index contributed by atoms with van der Waals surface area (Å²) in [6, 6.07) is 0. The Labute approximate surface area is 66.0 Å². The number of imidazole rings is 1. The third-order valence-electron chi connectivity index (χ3n) is 1.45. The molecule has 0 saturated carbocycles. The molecule has 0 bridgehead atoms. The highest BCUT2D eigenvalue weighted by Crippen LogP contribution is 2.10. The van der Waals surface area contributed by atoms with E-state index in [1.54, 1.807) is 0 Å². The van der Waals surface area contributed by atoms with E-state index < -0.39 is 0 Å².